The summed E-state index contributed by atoms with van der Waals surface area (Å²) in [6, 6.07) is 13.0. The molecule has 1 saturated heterocycles. The van der Waals surface area contributed by atoms with Crippen LogP contribution >= 0.6 is 15.9 Å². The van der Waals surface area contributed by atoms with Crippen LogP contribution in [-0.4, -0.2) is 55.0 Å². The van der Waals surface area contributed by atoms with Gasteiger partial charge in [0.25, 0.3) is 5.91 Å². The molecule has 186 valence electrons. The number of anilines is 1. The minimum atomic E-state index is -0.632. The fraction of sp³-hybridized carbons (Fsp3) is 0.185. The number of piperazine rings is 1. The molecular weight excluding hydrogens is 543 g/mol. The van der Waals surface area contributed by atoms with Crippen LogP contribution in [0.5, 0.6) is 5.75 Å². The Balaban J connectivity index is 1.36. The van der Waals surface area contributed by atoms with E-state index < -0.39 is 17.7 Å². The Labute approximate surface area is 220 Å². The molecule has 0 bridgehead atoms. The third-order valence-electron chi connectivity index (χ3n) is 6.27. The van der Waals surface area contributed by atoms with E-state index in [9.17, 15) is 14.0 Å². The number of aromatic nitrogens is 1. The van der Waals surface area contributed by atoms with Crippen LogP contribution in [0.25, 0.3) is 11.8 Å². The number of nitrogens with zero attached hydrogens (tertiary/aromatic N) is 4. The van der Waals surface area contributed by atoms with E-state index in [0.717, 1.165) is 5.82 Å². The summed E-state index contributed by atoms with van der Waals surface area (Å²) in [5, 5.41) is 8.94. The van der Waals surface area contributed by atoms with E-state index in [1.165, 1.54) is 31.5 Å². The Hall–Kier alpha value is -4.23. The van der Waals surface area contributed by atoms with Crippen LogP contribution in [-0.2, 0) is 4.74 Å². The number of hydrogen-bond donors (Lipinski definition) is 0. The van der Waals surface area contributed by atoms with Gasteiger partial charge in [0.1, 0.15) is 29.2 Å². The van der Waals surface area contributed by atoms with Gasteiger partial charge in [0, 0.05) is 32.4 Å². The topological polar surface area (TPSA) is 95.8 Å². The van der Waals surface area contributed by atoms with Crippen molar-refractivity contribution in [3.8, 4) is 11.8 Å². The normalized spacial score (nSPS) is 15.8. The number of esters is 1. The summed E-state index contributed by atoms with van der Waals surface area (Å²) in [5.74, 6) is -0.143. The van der Waals surface area contributed by atoms with Gasteiger partial charge in [-0.25, -0.2) is 14.2 Å². The van der Waals surface area contributed by atoms with Crippen molar-refractivity contribution in [2.75, 3.05) is 38.2 Å². The minimum Gasteiger partial charge on any atom is -0.495 e. The molecule has 1 amide bonds. The first kappa shape index (κ1) is 24.5. The highest BCUT2D eigenvalue weighted by atomic mass is 79.9. The highest BCUT2D eigenvalue weighted by Crippen LogP contribution is 2.42. The number of carbonyl (C=O) groups excluding carboxylic acids is 2. The number of cyclic esters (lactones) is 1. The first-order valence-corrected chi connectivity index (χ1v) is 12.2. The van der Waals surface area contributed by atoms with Gasteiger partial charge in [0.2, 0.25) is 0 Å². The van der Waals surface area contributed by atoms with E-state index in [2.05, 4.69) is 20.9 Å². The standard InChI is InChI=1S/C27H20BrFN4O4/c1-36-25-20(28)5-4-18-24(25)22(37-27(18)35)13-16-2-6-21(29)19(12-16)26(34)33-10-8-32(9-11-33)23-7-3-17(14-30)15-31-23/h2-7,12-13,15H,8-11H2,1H3/b22-13-. The zero-order valence-electron chi connectivity index (χ0n) is 19.7. The van der Waals surface area contributed by atoms with Crippen LogP contribution < -0.4 is 9.64 Å². The zero-order chi connectivity index (χ0) is 26.1. The summed E-state index contributed by atoms with van der Waals surface area (Å²) >= 11 is 3.41. The zero-order valence-corrected chi connectivity index (χ0v) is 21.3. The molecule has 0 radical (unpaired) electrons. The van der Waals surface area contributed by atoms with Gasteiger partial charge in [-0.15, -0.1) is 0 Å². The lowest BCUT2D eigenvalue weighted by atomic mass is 10.0. The third kappa shape index (κ3) is 4.66. The third-order valence-corrected chi connectivity index (χ3v) is 6.89. The van der Waals surface area contributed by atoms with Crippen molar-refractivity contribution in [2.24, 2.45) is 0 Å². The van der Waals surface area contributed by atoms with Gasteiger partial charge in [0.15, 0.2) is 0 Å². The molecule has 0 atom stereocenters. The van der Waals surface area contributed by atoms with Crippen molar-refractivity contribution in [2.45, 2.75) is 0 Å². The van der Waals surface area contributed by atoms with E-state index >= 15 is 0 Å². The van der Waals surface area contributed by atoms with E-state index in [0.29, 0.717) is 58.7 Å². The molecule has 2 aromatic carbocycles. The van der Waals surface area contributed by atoms with E-state index in [4.69, 9.17) is 14.7 Å². The number of hydrogen-bond acceptors (Lipinski definition) is 7. The van der Waals surface area contributed by atoms with Gasteiger partial charge in [0.05, 0.1) is 33.8 Å². The smallest absolute Gasteiger partial charge is 0.344 e. The Morgan fingerprint density at radius 1 is 1.19 bits per heavy atom. The van der Waals surface area contributed by atoms with Crippen molar-refractivity contribution in [1.29, 1.82) is 5.26 Å². The molecule has 37 heavy (non-hydrogen) atoms. The molecule has 0 N–H and O–H groups in total. The monoisotopic (exact) mass is 562 g/mol. The maximum atomic E-state index is 14.7. The van der Waals surface area contributed by atoms with E-state index in [1.807, 2.05) is 11.0 Å². The van der Waals surface area contributed by atoms with Crippen LogP contribution in [0.1, 0.15) is 37.4 Å². The van der Waals surface area contributed by atoms with Gasteiger partial charge in [-0.1, -0.05) is 6.07 Å². The number of carbonyl (C=O) groups is 2. The number of methoxy groups -OCH3 is 1. The number of halogens is 2. The van der Waals surface area contributed by atoms with Crippen LogP contribution in [0.15, 0.2) is 53.1 Å². The molecule has 3 aromatic rings. The summed E-state index contributed by atoms with van der Waals surface area (Å²) in [5.41, 5.74) is 1.77. The lowest BCUT2D eigenvalue weighted by molar-refractivity contribution is 0.0714. The van der Waals surface area contributed by atoms with E-state index in [1.54, 1.807) is 35.2 Å². The maximum absolute atomic E-state index is 14.7. The summed E-state index contributed by atoms with van der Waals surface area (Å²) in [7, 11) is 1.49. The first-order valence-electron chi connectivity index (χ1n) is 11.4. The fourth-order valence-electron chi connectivity index (χ4n) is 4.38. The van der Waals surface area contributed by atoms with Gasteiger partial charge >= 0.3 is 5.97 Å². The first-order chi connectivity index (χ1) is 17.9. The van der Waals surface area contributed by atoms with Gasteiger partial charge in [-0.3, -0.25) is 4.79 Å². The number of rotatable bonds is 4. The van der Waals surface area contributed by atoms with Crippen molar-refractivity contribution in [3.05, 3.63) is 86.8 Å². The van der Waals surface area contributed by atoms with Gasteiger partial charge < -0.3 is 19.3 Å². The van der Waals surface area contributed by atoms with Gasteiger partial charge in [-0.05, 0) is 64.0 Å². The van der Waals surface area contributed by atoms with Crippen LogP contribution in [0.4, 0.5) is 10.2 Å². The molecule has 10 heteroatoms. The molecule has 3 heterocycles. The second-order valence-electron chi connectivity index (χ2n) is 8.44. The summed E-state index contributed by atoms with van der Waals surface area (Å²) in [6.45, 7) is 1.83. The second-order valence-corrected chi connectivity index (χ2v) is 9.29. The Kier molecular flexibility index (Phi) is 6.63. The maximum Gasteiger partial charge on any atom is 0.344 e. The number of pyridine rings is 1. The molecule has 5 rings (SSSR count). The number of nitriles is 1. The van der Waals surface area contributed by atoms with Crippen LogP contribution in [0.3, 0.4) is 0 Å². The molecule has 0 saturated carbocycles. The molecule has 0 spiro atoms. The molecule has 0 unspecified atom stereocenters. The molecule has 0 aliphatic carbocycles. The predicted molar refractivity (Wildman–Crippen MR) is 137 cm³/mol. The number of benzene rings is 2. The van der Waals surface area contributed by atoms with Crippen molar-refractivity contribution in [3.63, 3.8) is 0 Å². The van der Waals surface area contributed by atoms with Crippen molar-refractivity contribution >= 4 is 45.5 Å². The molecule has 1 aromatic heterocycles. The summed E-state index contributed by atoms with van der Waals surface area (Å²) in [4.78, 5) is 33.5. The van der Waals surface area contributed by atoms with Crippen molar-refractivity contribution in [1.82, 2.24) is 9.88 Å². The number of fused-ring (bicyclic) bond motifs is 1. The molecule has 2 aliphatic heterocycles. The van der Waals surface area contributed by atoms with Crippen LogP contribution in [0.2, 0.25) is 0 Å². The Morgan fingerprint density at radius 2 is 1.97 bits per heavy atom. The largest absolute Gasteiger partial charge is 0.495 e. The average molecular weight is 563 g/mol. The fourth-order valence-corrected chi connectivity index (χ4v) is 4.87. The highest BCUT2D eigenvalue weighted by molar-refractivity contribution is 9.10. The summed E-state index contributed by atoms with van der Waals surface area (Å²) < 4.78 is 26.3. The Bertz CT molecular complexity index is 1470. The minimum absolute atomic E-state index is 0.0648. The summed E-state index contributed by atoms with van der Waals surface area (Å²) in [6.07, 6.45) is 3.10. The molecule has 1 fully saturated rings. The average Bonchev–Trinajstić information content (AvgIpc) is 3.24. The lowest BCUT2D eigenvalue weighted by Crippen LogP contribution is -2.49. The molecular formula is C27H20BrFN4O4. The lowest BCUT2D eigenvalue weighted by Gasteiger charge is -2.35. The SMILES string of the molecule is COc1c(Br)ccc2c1/C(=C/c1ccc(F)c(C(=O)N3CCN(c4ccc(C#N)cn4)CC3)c1)OC2=O. The Morgan fingerprint density at radius 3 is 2.65 bits per heavy atom. The molecule has 2 aliphatic rings. The second kappa shape index (κ2) is 10.0. The predicted octanol–water partition coefficient (Wildman–Crippen LogP) is 4.49. The quantitative estimate of drug-likeness (QED) is 0.432. The van der Waals surface area contributed by atoms with Crippen molar-refractivity contribution < 1.29 is 23.5 Å². The van der Waals surface area contributed by atoms with E-state index in [-0.39, 0.29) is 11.3 Å². The number of ether oxygens (including phenoxy) is 2. The van der Waals surface area contributed by atoms with Gasteiger partial charge in [-0.2, -0.15) is 5.26 Å². The number of amides is 1. The molecule has 8 nitrogen and oxygen atoms in total. The van der Waals surface area contributed by atoms with Crippen LogP contribution in [0, 0.1) is 17.1 Å². The highest BCUT2D eigenvalue weighted by Gasteiger charge is 2.31.